The van der Waals surface area contributed by atoms with Crippen LogP contribution in [0.3, 0.4) is 0 Å². The summed E-state index contributed by atoms with van der Waals surface area (Å²) in [6.07, 6.45) is 1.76. The third-order valence-corrected chi connectivity index (χ3v) is 2.97. The number of imidazole rings is 1. The first-order valence-electron chi connectivity index (χ1n) is 5.99. The van der Waals surface area contributed by atoms with Gasteiger partial charge in [-0.25, -0.2) is 9.97 Å². The molecule has 0 radical (unpaired) electrons. The van der Waals surface area contributed by atoms with Crippen molar-refractivity contribution in [3.8, 4) is 5.75 Å². The van der Waals surface area contributed by atoms with Crippen LogP contribution in [0.5, 0.6) is 5.75 Å². The van der Waals surface area contributed by atoms with Crippen molar-refractivity contribution in [1.29, 1.82) is 0 Å². The van der Waals surface area contributed by atoms with Crippen molar-refractivity contribution in [1.82, 2.24) is 14.5 Å². The number of fused-ring (bicyclic) bond motifs is 1. The molecular weight excluding hydrogens is 240 g/mol. The standard InChI is InChI=1S/C14H14N4O/c1-18-13(17-12-3-2-8-16-14(12)18)9-19-11-6-4-10(15)5-7-11/h2-8H,9,15H2,1H3. The zero-order valence-corrected chi connectivity index (χ0v) is 10.6. The molecule has 3 rings (SSSR count). The van der Waals surface area contributed by atoms with Gasteiger partial charge in [-0.3, -0.25) is 0 Å². The first kappa shape index (κ1) is 11.5. The monoisotopic (exact) mass is 254 g/mol. The minimum Gasteiger partial charge on any atom is -0.486 e. The lowest BCUT2D eigenvalue weighted by Crippen LogP contribution is -2.03. The Morgan fingerprint density at radius 2 is 2.00 bits per heavy atom. The lowest BCUT2D eigenvalue weighted by Gasteiger charge is -2.06. The minimum absolute atomic E-state index is 0.400. The van der Waals surface area contributed by atoms with E-state index in [0.29, 0.717) is 6.61 Å². The quantitative estimate of drug-likeness (QED) is 0.727. The molecule has 5 heteroatoms. The predicted octanol–water partition coefficient (Wildman–Crippen LogP) is 2.13. The molecule has 0 aliphatic carbocycles. The highest BCUT2D eigenvalue weighted by Crippen LogP contribution is 2.16. The fraction of sp³-hybridized carbons (Fsp3) is 0.143. The Morgan fingerprint density at radius 1 is 1.21 bits per heavy atom. The summed E-state index contributed by atoms with van der Waals surface area (Å²) in [6.45, 7) is 0.400. The number of aryl methyl sites for hydroxylation is 1. The highest BCUT2D eigenvalue weighted by atomic mass is 16.5. The van der Waals surface area contributed by atoms with Crippen LogP contribution in [0.25, 0.3) is 11.2 Å². The molecular formula is C14H14N4O. The lowest BCUT2D eigenvalue weighted by atomic mass is 10.3. The van der Waals surface area contributed by atoms with E-state index in [-0.39, 0.29) is 0 Å². The maximum atomic E-state index is 5.69. The van der Waals surface area contributed by atoms with E-state index in [1.807, 2.05) is 48.0 Å². The van der Waals surface area contributed by atoms with E-state index in [0.717, 1.165) is 28.4 Å². The molecule has 1 aromatic carbocycles. The molecule has 0 bridgehead atoms. The molecule has 0 aliphatic rings. The van der Waals surface area contributed by atoms with Crippen LogP contribution >= 0.6 is 0 Å². The van der Waals surface area contributed by atoms with Gasteiger partial charge < -0.3 is 15.0 Å². The average Bonchev–Trinajstić information content (AvgIpc) is 2.76. The third kappa shape index (κ3) is 2.22. The Bertz CT molecular complexity index is 703. The van der Waals surface area contributed by atoms with Gasteiger partial charge in [-0.1, -0.05) is 0 Å². The molecule has 0 unspecified atom stereocenters. The largest absolute Gasteiger partial charge is 0.486 e. The van der Waals surface area contributed by atoms with Crippen LogP contribution in [0.4, 0.5) is 5.69 Å². The Labute approximate surface area is 110 Å². The van der Waals surface area contributed by atoms with Crippen molar-refractivity contribution < 1.29 is 4.74 Å². The van der Waals surface area contributed by atoms with Crippen molar-refractivity contribution >= 4 is 16.9 Å². The summed E-state index contributed by atoms with van der Waals surface area (Å²) >= 11 is 0. The summed E-state index contributed by atoms with van der Waals surface area (Å²) in [5.74, 6) is 1.61. The molecule has 3 aromatic rings. The summed E-state index contributed by atoms with van der Waals surface area (Å²) in [7, 11) is 1.93. The van der Waals surface area contributed by atoms with Crippen molar-refractivity contribution in [3.63, 3.8) is 0 Å². The highest BCUT2D eigenvalue weighted by molar-refractivity contribution is 5.70. The molecule has 0 saturated carbocycles. The zero-order valence-electron chi connectivity index (χ0n) is 10.6. The molecule has 96 valence electrons. The van der Waals surface area contributed by atoms with Gasteiger partial charge in [-0.05, 0) is 36.4 Å². The summed E-state index contributed by atoms with van der Waals surface area (Å²) in [5, 5.41) is 0. The second-order valence-corrected chi connectivity index (χ2v) is 4.29. The predicted molar refractivity (Wildman–Crippen MR) is 73.7 cm³/mol. The number of nitrogens with zero attached hydrogens (tertiary/aromatic N) is 3. The number of hydrogen-bond donors (Lipinski definition) is 1. The second kappa shape index (κ2) is 4.61. The normalized spacial score (nSPS) is 10.8. The summed E-state index contributed by atoms with van der Waals surface area (Å²) in [6, 6.07) is 11.1. The molecule has 0 atom stereocenters. The first-order valence-corrected chi connectivity index (χ1v) is 5.99. The number of aromatic nitrogens is 3. The van der Waals surface area contributed by atoms with E-state index in [4.69, 9.17) is 10.5 Å². The van der Waals surface area contributed by atoms with Gasteiger partial charge in [0.15, 0.2) is 5.65 Å². The average molecular weight is 254 g/mol. The van der Waals surface area contributed by atoms with Gasteiger partial charge in [0.25, 0.3) is 0 Å². The van der Waals surface area contributed by atoms with Crippen molar-refractivity contribution in [2.24, 2.45) is 7.05 Å². The Kier molecular flexibility index (Phi) is 2.79. The van der Waals surface area contributed by atoms with Crippen LogP contribution in [0, 0.1) is 0 Å². The maximum absolute atomic E-state index is 5.69. The van der Waals surface area contributed by atoms with Crippen LogP contribution in [0.15, 0.2) is 42.6 Å². The fourth-order valence-electron chi connectivity index (χ4n) is 1.91. The number of anilines is 1. The number of ether oxygens (including phenoxy) is 1. The molecule has 5 nitrogen and oxygen atoms in total. The van der Waals surface area contributed by atoms with Gasteiger partial charge in [0.05, 0.1) is 0 Å². The van der Waals surface area contributed by atoms with Crippen molar-refractivity contribution in [2.45, 2.75) is 6.61 Å². The van der Waals surface area contributed by atoms with Gasteiger partial charge in [0.1, 0.15) is 23.7 Å². The number of hydrogen-bond acceptors (Lipinski definition) is 4. The Morgan fingerprint density at radius 3 is 2.74 bits per heavy atom. The van der Waals surface area contributed by atoms with Crippen LogP contribution in [-0.4, -0.2) is 14.5 Å². The molecule has 19 heavy (non-hydrogen) atoms. The number of benzene rings is 1. The molecule has 0 fully saturated rings. The van der Waals surface area contributed by atoms with Gasteiger partial charge in [-0.2, -0.15) is 0 Å². The van der Waals surface area contributed by atoms with Crippen LogP contribution in [0.1, 0.15) is 5.82 Å². The third-order valence-electron chi connectivity index (χ3n) is 2.97. The molecule has 2 heterocycles. The molecule has 0 aliphatic heterocycles. The maximum Gasteiger partial charge on any atom is 0.159 e. The van der Waals surface area contributed by atoms with E-state index in [1.165, 1.54) is 0 Å². The molecule has 0 saturated heterocycles. The SMILES string of the molecule is Cn1c(COc2ccc(N)cc2)nc2cccnc21. The second-order valence-electron chi connectivity index (χ2n) is 4.29. The van der Waals surface area contributed by atoms with Crippen LogP contribution in [-0.2, 0) is 13.7 Å². The van der Waals surface area contributed by atoms with E-state index in [2.05, 4.69) is 9.97 Å². The van der Waals surface area contributed by atoms with E-state index in [1.54, 1.807) is 6.20 Å². The smallest absolute Gasteiger partial charge is 0.159 e. The fourth-order valence-corrected chi connectivity index (χ4v) is 1.91. The number of nitrogens with two attached hydrogens (primary N) is 1. The zero-order chi connectivity index (χ0) is 13.2. The Hall–Kier alpha value is -2.56. The molecule has 2 N–H and O–H groups in total. The lowest BCUT2D eigenvalue weighted by molar-refractivity contribution is 0.292. The van der Waals surface area contributed by atoms with Gasteiger partial charge >= 0.3 is 0 Å². The summed E-state index contributed by atoms with van der Waals surface area (Å²) < 4.78 is 7.63. The van der Waals surface area contributed by atoms with Gasteiger partial charge in [0, 0.05) is 18.9 Å². The van der Waals surface area contributed by atoms with E-state index in [9.17, 15) is 0 Å². The molecule has 0 spiro atoms. The number of rotatable bonds is 3. The van der Waals surface area contributed by atoms with Gasteiger partial charge in [-0.15, -0.1) is 0 Å². The molecule has 2 aromatic heterocycles. The van der Waals surface area contributed by atoms with Crippen molar-refractivity contribution in [2.75, 3.05) is 5.73 Å². The van der Waals surface area contributed by atoms with Gasteiger partial charge in [0.2, 0.25) is 0 Å². The topological polar surface area (TPSA) is 66.0 Å². The number of nitrogen functional groups attached to an aromatic ring is 1. The summed E-state index contributed by atoms with van der Waals surface area (Å²) in [5.41, 5.74) is 8.09. The van der Waals surface area contributed by atoms with E-state index >= 15 is 0 Å². The molecule has 0 amide bonds. The summed E-state index contributed by atoms with van der Waals surface area (Å²) in [4.78, 5) is 8.79. The number of pyridine rings is 1. The minimum atomic E-state index is 0.400. The van der Waals surface area contributed by atoms with Crippen molar-refractivity contribution in [3.05, 3.63) is 48.4 Å². The Balaban J connectivity index is 1.82. The van der Waals surface area contributed by atoms with Crippen LogP contribution in [0.2, 0.25) is 0 Å². The van der Waals surface area contributed by atoms with Crippen LogP contribution < -0.4 is 10.5 Å². The highest BCUT2D eigenvalue weighted by Gasteiger charge is 2.08. The van der Waals surface area contributed by atoms with E-state index < -0.39 is 0 Å². The first-order chi connectivity index (χ1) is 9.24.